The van der Waals surface area contributed by atoms with Crippen LogP contribution in [0.3, 0.4) is 0 Å². The van der Waals surface area contributed by atoms with Crippen molar-refractivity contribution >= 4 is 22.6 Å². The molecule has 90 valence electrons. The van der Waals surface area contributed by atoms with Gasteiger partial charge >= 0.3 is 0 Å². The van der Waals surface area contributed by atoms with E-state index in [1.54, 1.807) is 7.11 Å². The lowest BCUT2D eigenvalue weighted by Crippen LogP contribution is -2.20. The Hall–Kier alpha value is 0.610. The van der Waals surface area contributed by atoms with Gasteiger partial charge in [0.05, 0.1) is 19.3 Å². The first-order valence-electron chi connectivity index (χ1n) is 5.67. The third kappa shape index (κ3) is 6.04. The first kappa shape index (κ1) is 13.7. The fourth-order valence-corrected chi connectivity index (χ4v) is 2.74. The number of halogens is 1. The summed E-state index contributed by atoms with van der Waals surface area (Å²) in [6, 6.07) is 0. The van der Waals surface area contributed by atoms with Gasteiger partial charge in [0.25, 0.3) is 0 Å². The summed E-state index contributed by atoms with van der Waals surface area (Å²) in [5.41, 5.74) is 0. The summed E-state index contributed by atoms with van der Waals surface area (Å²) in [4.78, 5) is 0. The van der Waals surface area contributed by atoms with E-state index >= 15 is 0 Å². The summed E-state index contributed by atoms with van der Waals surface area (Å²) in [7, 11) is 1.71. The minimum atomic E-state index is 0.466. The highest BCUT2D eigenvalue weighted by Gasteiger charge is 2.24. The molecule has 0 N–H and O–H groups in total. The van der Waals surface area contributed by atoms with E-state index in [9.17, 15) is 0 Å². The maximum Gasteiger partial charge on any atom is 0.0704 e. The molecule has 2 atom stereocenters. The SMILES string of the molecule is COCCCOCCOC1CCCC1I. The fraction of sp³-hybridized carbons (Fsp3) is 1.00. The zero-order valence-corrected chi connectivity index (χ0v) is 11.6. The molecule has 4 heteroatoms. The van der Waals surface area contributed by atoms with Crippen LogP contribution in [0.25, 0.3) is 0 Å². The number of hydrogen-bond acceptors (Lipinski definition) is 3. The van der Waals surface area contributed by atoms with Gasteiger partial charge in [-0.1, -0.05) is 22.6 Å². The van der Waals surface area contributed by atoms with E-state index in [4.69, 9.17) is 14.2 Å². The van der Waals surface area contributed by atoms with Crippen molar-refractivity contribution in [2.24, 2.45) is 0 Å². The molecule has 15 heavy (non-hydrogen) atoms. The Balaban J connectivity index is 1.84. The Morgan fingerprint density at radius 2 is 2.00 bits per heavy atom. The average molecular weight is 328 g/mol. The van der Waals surface area contributed by atoms with E-state index in [1.165, 1.54) is 19.3 Å². The van der Waals surface area contributed by atoms with Gasteiger partial charge in [0.1, 0.15) is 0 Å². The van der Waals surface area contributed by atoms with Crippen LogP contribution in [0.5, 0.6) is 0 Å². The summed E-state index contributed by atoms with van der Waals surface area (Å²) < 4.78 is 16.8. The molecule has 1 fully saturated rings. The van der Waals surface area contributed by atoms with E-state index in [2.05, 4.69) is 22.6 Å². The van der Waals surface area contributed by atoms with Gasteiger partial charge < -0.3 is 14.2 Å². The zero-order chi connectivity index (χ0) is 10.9. The van der Waals surface area contributed by atoms with Crippen molar-refractivity contribution in [3.8, 4) is 0 Å². The topological polar surface area (TPSA) is 27.7 Å². The number of alkyl halides is 1. The predicted molar refractivity (Wildman–Crippen MR) is 68.7 cm³/mol. The molecule has 0 aromatic carbocycles. The molecular formula is C11H21IO3. The fourth-order valence-electron chi connectivity index (χ4n) is 1.73. The molecule has 1 aliphatic rings. The van der Waals surface area contributed by atoms with E-state index < -0.39 is 0 Å². The van der Waals surface area contributed by atoms with Crippen LogP contribution in [-0.2, 0) is 14.2 Å². The van der Waals surface area contributed by atoms with E-state index in [0.717, 1.165) is 26.2 Å². The molecule has 0 radical (unpaired) electrons. The number of hydrogen-bond donors (Lipinski definition) is 0. The molecule has 0 heterocycles. The smallest absolute Gasteiger partial charge is 0.0704 e. The van der Waals surface area contributed by atoms with Crippen LogP contribution in [0.2, 0.25) is 0 Å². The van der Waals surface area contributed by atoms with Gasteiger partial charge in [-0.2, -0.15) is 0 Å². The van der Waals surface area contributed by atoms with Crippen molar-refractivity contribution in [1.82, 2.24) is 0 Å². The van der Waals surface area contributed by atoms with Crippen molar-refractivity contribution in [2.45, 2.75) is 35.7 Å². The summed E-state index contributed by atoms with van der Waals surface area (Å²) in [6.07, 6.45) is 5.27. The van der Waals surface area contributed by atoms with E-state index in [-0.39, 0.29) is 0 Å². The third-order valence-electron chi connectivity index (χ3n) is 2.57. The molecule has 0 aromatic heterocycles. The maximum atomic E-state index is 5.76. The molecule has 1 aliphatic carbocycles. The maximum absolute atomic E-state index is 5.76. The molecule has 2 unspecified atom stereocenters. The van der Waals surface area contributed by atoms with Gasteiger partial charge in [0.15, 0.2) is 0 Å². The summed E-state index contributed by atoms with van der Waals surface area (Å²) in [5, 5.41) is 0. The standard InChI is InChI=1S/C11H21IO3/c1-13-6-3-7-14-8-9-15-11-5-2-4-10(11)12/h10-11H,2-9H2,1H3. The van der Waals surface area contributed by atoms with Crippen LogP contribution in [0, 0.1) is 0 Å². The Morgan fingerprint density at radius 1 is 1.13 bits per heavy atom. The van der Waals surface area contributed by atoms with Gasteiger partial charge in [-0.15, -0.1) is 0 Å². The summed E-state index contributed by atoms with van der Waals surface area (Å²) in [5.74, 6) is 0. The second kappa shape index (κ2) is 8.73. The van der Waals surface area contributed by atoms with Crippen LogP contribution in [0.15, 0.2) is 0 Å². The lowest BCUT2D eigenvalue weighted by molar-refractivity contribution is 0.00756. The molecule has 3 nitrogen and oxygen atoms in total. The monoisotopic (exact) mass is 328 g/mol. The van der Waals surface area contributed by atoms with Gasteiger partial charge in [0, 0.05) is 24.2 Å². The largest absolute Gasteiger partial charge is 0.385 e. The van der Waals surface area contributed by atoms with Crippen LogP contribution in [0.1, 0.15) is 25.7 Å². The van der Waals surface area contributed by atoms with Crippen molar-refractivity contribution < 1.29 is 14.2 Å². The average Bonchev–Trinajstić information content (AvgIpc) is 2.63. The molecule has 0 aromatic rings. The predicted octanol–water partition coefficient (Wildman–Crippen LogP) is 2.41. The van der Waals surface area contributed by atoms with E-state index in [1.807, 2.05) is 0 Å². The minimum absolute atomic E-state index is 0.466. The minimum Gasteiger partial charge on any atom is -0.385 e. The lowest BCUT2D eigenvalue weighted by atomic mass is 10.3. The number of ether oxygens (including phenoxy) is 3. The van der Waals surface area contributed by atoms with E-state index in [0.29, 0.717) is 16.6 Å². The van der Waals surface area contributed by atoms with Crippen molar-refractivity contribution in [3.05, 3.63) is 0 Å². The molecular weight excluding hydrogens is 307 g/mol. The first-order valence-corrected chi connectivity index (χ1v) is 6.91. The molecule has 0 spiro atoms. The molecule has 0 aliphatic heterocycles. The second-order valence-electron chi connectivity index (χ2n) is 3.81. The summed E-state index contributed by atoms with van der Waals surface area (Å²) in [6.45, 7) is 3.00. The van der Waals surface area contributed by atoms with Crippen molar-refractivity contribution in [1.29, 1.82) is 0 Å². The third-order valence-corrected chi connectivity index (χ3v) is 3.99. The molecule has 0 saturated heterocycles. The normalized spacial score (nSPS) is 26.0. The highest BCUT2D eigenvalue weighted by atomic mass is 127. The Labute approximate surface area is 106 Å². The van der Waals surface area contributed by atoms with Crippen LogP contribution >= 0.6 is 22.6 Å². The zero-order valence-electron chi connectivity index (χ0n) is 9.41. The van der Waals surface area contributed by atoms with Crippen LogP contribution in [-0.4, -0.2) is 43.6 Å². The van der Waals surface area contributed by atoms with Gasteiger partial charge in [-0.25, -0.2) is 0 Å². The van der Waals surface area contributed by atoms with Gasteiger partial charge in [0.2, 0.25) is 0 Å². The number of rotatable bonds is 8. The Morgan fingerprint density at radius 3 is 2.67 bits per heavy atom. The van der Waals surface area contributed by atoms with Gasteiger partial charge in [-0.05, 0) is 25.7 Å². The van der Waals surface area contributed by atoms with Crippen molar-refractivity contribution in [2.75, 3.05) is 33.5 Å². The Bertz CT molecular complexity index is 155. The quantitative estimate of drug-likeness (QED) is 0.389. The van der Waals surface area contributed by atoms with Crippen LogP contribution < -0.4 is 0 Å². The Kier molecular flexibility index (Phi) is 7.96. The second-order valence-corrected chi connectivity index (χ2v) is 5.41. The molecule has 1 rings (SSSR count). The number of methoxy groups -OCH3 is 1. The lowest BCUT2D eigenvalue weighted by Gasteiger charge is -2.15. The van der Waals surface area contributed by atoms with Crippen molar-refractivity contribution in [3.63, 3.8) is 0 Å². The highest BCUT2D eigenvalue weighted by molar-refractivity contribution is 14.1. The first-order chi connectivity index (χ1) is 7.34. The van der Waals surface area contributed by atoms with Gasteiger partial charge in [-0.3, -0.25) is 0 Å². The molecule has 0 amide bonds. The van der Waals surface area contributed by atoms with Crippen LogP contribution in [0.4, 0.5) is 0 Å². The highest BCUT2D eigenvalue weighted by Crippen LogP contribution is 2.28. The summed E-state index contributed by atoms with van der Waals surface area (Å²) >= 11 is 2.49. The molecule has 0 bridgehead atoms. The molecule has 1 saturated carbocycles.